The average molecular weight is 141 g/mol. The highest BCUT2D eigenvalue weighted by atomic mass is 16.4. The number of carbonyl (C=O) groups excluding carboxylic acids is 1. The molecule has 0 aliphatic carbocycles. The molecule has 0 fully saturated rings. The molecular weight excluding hydrogens is 134 g/mol. The van der Waals surface area contributed by atoms with E-state index in [9.17, 15) is 9.59 Å². The lowest BCUT2D eigenvalue weighted by Gasteiger charge is -2.08. The predicted octanol–water partition coefficient (Wildman–Crippen LogP) is -0.269. The van der Waals surface area contributed by atoms with Crippen molar-refractivity contribution in [1.82, 2.24) is 0 Å². The second-order valence-corrected chi connectivity index (χ2v) is 2.09. The Hall–Kier alpha value is -1.19. The highest BCUT2D eigenvalue weighted by Crippen LogP contribution is 2.04. The van der Waals surface area contributed by atoms with Gasteiger partial charge in [0.05, 0.1) is 0 Å². The molecule has 54 valence electrons. The molecule has 10 heavy (non-hydrogen) atoms. The molecule has 0 aromatic heterocycles. The number of rotatable bonds is 1. The first-order valence-electron chi connectivity index (χ1n) is 2.97. The first kappa shape index (κ1) is 6.92. The molecule has 0 bridgehead atoms. The molecule has 0 radical (unpaired) electrons. The molecule has 0 aromatic rings. The first-order valence-corrected chi connectivity index (χ1v) is 2.97. The fourth-order valence-electron chi connectivity index (χ4n) is 0.795. The summed E-state index contributed by atoms with van der Waals surface area (Å²) in [6, 6.07) is 0. The van der Waals surface area contributed by atoms with Crippen molar-refractivity contribution >= 4 is 18.0 Å². The van der Waals surface area contributed by atoms with Crippen LogP contribution in [-0.2, 0) is 9.59 Å². The van der Waals surface area contributed by atoms with Crippen molar-refractivity contribution in [3.8, 4) is 0 Å². The van der Waals surface area contributed by atoms with Crippen molar-refractivity contribution in [2.75, 3.05) is 6.54 Å². The Morgan fingerprint density at radius 1 is 1.80 bits per heavy atom. The van der Waals surface area contributed by atoms with Gasteiger partial charge in [-0.2, -0.15) is 0 Å². The average Bonchev–Trinajstić information content (AvgIpc) is 1.88. The van der Waals surface area contributed by atoms with Gasteiger partial charge in [0.2, 0.25) is 0 Å². The van der Waals surface area contributed by atoms with Gasteiger partial charge in [-0.25, -0.2) is 0 Å². The summed E-state index contributed by atoms with van der Waals surface area (Å²) < 4.78 is 0. The third-order valence-corrected chi connectivity index (χ3v) is 1.35. The monoisotopic (exact) mass is 141 g/mol. The van der Waals surface area contributed by atoms with Crippen LogP contribution in [0.3, 0.4) is 0 Å². The largest absolute Gasteiger partial charge is 0.480 e. The topological polar surface area (TPSA) is 66.7 Å². The molecule has 4 nitrogen and oxygen atoms in total. The van der Waals surface area contributed by atoms with Gasteiger partial charge in [-0.3, -0.25) is 14.6 Å². The molecule has 1 atom stereocenters. The number of hydrogen-bond acceptors (Lipinski definition) is 3. The third kappa shape index (κ3) is 1.21. The summed E-state index contributed by atoms with van der Waals surface area (Å²) in [5.41, 5.74) is 0. The first-order chi connectivity index (χ1) is 4.72. The number of nitrogens with zero attached hydrogens (tertiary/aromatic N) is 1. The number of carboxylic acids is 1. The van der Waals surface area contributed by atoms with Crippen LogP contribution in [0.1, 0.15) is 6.42 Å². The molecule has 1 aliphatic rings. The van der Waals surface area contributed by atoms with Crippen molar-refractivity contribution < 1.29 is 14.7 Å². The lowest BCUT2D eigenvalue weighted by molar-refractivity contribution is -0.143. The summed E-state index contributed by atoms with van der Waals surface area (Å²) in [7, 11) is 0. The summed E-state index contributed by atoms with van der Waals surface area (Å²) in [5.74, 6) is -2.34. The van der Waals surface area contributed by atoms with Crippen LogP contribution in [0.4, 0.5) is 0 Å². The molecule has 0 amide bonds. The van der Waals surface area contributed by atoms with Crippen LogP contribution >= 0.6 is 0 Å². The summed E-state index contributed by atoms with van der Waals surface area (Å²) >= 11 is 0. The number of ketones is 1. The SMILES string of the molecule is O=C(O)C1C=NCCC1=O. The minimum Gasteiger partial charge on any atom is -0.480 e. The van der Waals surface area contributed by atoms with Crippen LogP contribution in [-0.4, -0.2) is 29.6 Å². The molecule has 1 unspecified atom stereocenters. The summed E-state index contributed by atoms with van der Waals surface area (Å²) in [6.07, 6.45) is 1.46. The van der Waals surface area contributed by atoms with Crippen LogP contribution in [0.5, 0.6) is 0 Å². The van der Waals surface area contributed by atoms with E-state index in [-0.39, 0.29) is 12.2 Å². The van der Waals surface area contributed by atoms with Gasteiger partial charge in [0.15, 0.2) is 5.78 Å². The van der Waals surface area contributed by atoms with E-state index in [4.69, 9.17) is 5.11 Å². The van der Waals surface area contributed by atoms with E-state index >= 15 is 0 Å². The molecule has 1 N–H and O–H groups in total. The van der Waals surface area contributed by atoms with Crippen molar-refractivity contribution in [2.45, 2.75) is 6.42 Å². The van der Waals surface area contributed by atoms with Crippen molar-refractivity contribution in [1.29, 1.82) is 0 Å². The highest BCUT2D eigenvalue weighted by Gasteiger charge is 2.25. The quantitative estimate of drug-likeness (QED) is 0.511. The number of aliphatic imine (C=N–C) groups is 1. The second-order valence-electron chi connectivity index (χ2n) is 2.09. The Balaban J connectivity index is 2.73. The van der Waals surface area contributed by atoms with Crippen molar-refractivity contribution in [3.05, 3.63) is 0 Å². The predicted molar refractivity (Wildman–Crippen MR) is 34.1 cm³/mol. The van der Waals surface area contributed by atoms with Gasteiger partial charge >= 0.3 is 5.97 Å². The molecule has 0 saturated carbocycles. The summed E-state index contributed by atoms with van der Waals surface area (Å²) in [4.78, 5) is 24.7. The molecule has 1 heterocycles. The lowest BCUT2D eigenvalue weighted by Crippen LogP contribution is -2.28. The molecule has 0 aromatic carbocycles. The van der Waals surface area contributed by atoms with E-state index < -0.39 is 11.9 Å². The minimum absolute atomic E-state index is 0.248. The maximum Gasteiger partial charge on any atom is 0.319 e. The van der Waals surface area contributed by atoms with Gasteiger partial charge in [-0.15, -0.1) is 0 Å². The van der Waals surface area contributed by atoms with Gasteiger partial charge in [0, 0.05) is 19.2 Å². The fraction of sp³-hybridized carbons (Fsp3) is 0.500. The molecule has 4 heteroatoms. The van der Waals surface area contributed by atoms with Crippen LogP contribution in [0.25, 0.3) is 0 Å². The van der Waals surface area contributed by atoms with E-state index in [1.165, 1.54) is 6.21 Å². The molecule has 1 rings (SSSR count). The van der Waals surface area contributed by atoms with Crippen molar-refractivity contribution in [2.24, 2.45) is 10.9 Å². The molecule has 1 aliphatic heterocycles. The van der Waals surface area contributed by atoms with Gasteiger partial charge in [0.25, 0.3) is 0 Å². The zero-order chi connectivity index (χ0) is 7.56. The van der Waals surface area contributed by atoms with Crippen LogP contribution in [0.2, 0.25) is 0 Å². The van der Waals surface area contributed by atoms with E-state index in [1.54, 1.807) is 0 Å². The van der Waals surface area contributed by atoms with Gasteiger partial charge in [0.1, 0.15) is 5.92 Å². The van der Waals surface area contributed by atoms with Gasteiger partial charge in [-0.1, -0.05) is 0 Å². The maximum absolute atomic E-state index is 10.8. The zero-order valence-corrected chi connectivity index (χ0v) is 5.28. The van der Waals surface area contributed by atoms with Crippen LogP contribution < -0.4 is 0 Å². The van der Waals surface area contributed by atoms with Crippen molar-refractivity contribution in [3.63, 3.8) is 0 Å². The second kappa shape index (κ2) is 2.60. The van der Waals surface area contributed by atoms with E-state index in [0.29, 0.717) is 6.54 Å². The third-order valence-electron chi connectivity index (χ3n) is 1.35. The number of carboxylic acid groups (broad SMARTS) is 1. The molecular formula is C6H7NO3. The van der Waals surface area contributed by atoms with Crippen LogP contribution in [0, 0.1) is 5.92 Å². The normalized spacial score (nSPS) is 24.8. The number of carbonyl (C=O) groups is 2. The Labute approximate surface area is 57.6 Å². The lowest BCUT2D eigenvalue weighted by atomic mass is 10.0. The van der Waals surface area contributed by atoms with Crippen LogP contribution in [0.15, 0.2) is 4.99 Å². The maximum atomic E-state index is 10.8. The minimum atomic E-state index is -1.10. The highest BCUT2D eigenvalue weighted by molar-refractivity contribution is 6.12. The van der Waals surface area contributed by atoms with E-state index in [1.807, 2.05) is 0 Å². The summed E-state index contributed by atoms with van der Waals surface area (Å²) in [6.45, 7) is 0.433. The van der Waals surface area contributed by atoms with Gasteiger partial charge in [-0.05, 0) is 0 Å². The number of hydrogen-bond donors (Lipinski definition) is 1. The Kier molecular flexibility index (Phi) is 1.80. The Morgan fingerprint density at radius 2 is 2.50 bits per heavy atom. The van der Waals surface area contributed by atoms with E-state index in [0.717, 1.165) is 0 Å². The van der Waals surface area contributed by atoms with E-state index in [2.05, 4.69) is 4.99 Å². The Bertz CT molecular complexity index is 197. The Morgan fingerprint density at radius 3 is 2.90 bits per heavy atom. The standard InChI is InChI=1S/C6H7NO3/c8-5-1-2-7-3-4(5)6(9)10/h3-4H,1-2H2,(H,9,10). The molecule has 0 saturated heterocycles. The van der Waals surface area contributed by atoms with Gasteiger partial charge < -0.3 is 5.11 Å². The smallest absolute Gasteiger partial charge is 0.319 e. The summed E-state index contributed by atoms with van der Waals surface area (Å²) in [5, 5.41) is 8.40. The number of Topliss-reactive ketones (excluding diaryl/α,β-unsaturated/α-hetero) is 1. The molecule has 0 spiro atoms. The number of aliphatic carboxylic acids is 1. The fourth-order valence-corrected chi connectivity index (χ4v) is 0.795. The zero-order valence-electron chi connectivity index (χ0n) is 5.28.